The van der Waals surface area contributed by atoms with Crippen molar-refractivity contribution in [2.75, 3.05) is 8.86 Å². The fourth-order valence-electron chi connectivity index (χ4n) is 2.80. The largest absolute Gasteiger partial charge is 0.453 e. The predicted octanol–water partition coefficient (Wildman–Crippen LogP) is 7.52. The molecule has 0 bridgehead atoms. The third-order valence-electron chi connectivity index (χ3n) is 4.64. The first-order valence-electron chi connectivity index (χ1n) is 9.07. The van der Waals surface area contributed by atoms with Crippen molar-refractivity contribution in [2.45, 2.75) is 86.1 Å². The Labute approximate surface area is 201 Å². The van der Waals surface area contributed by atoms with Gasteiger partial charge in [0.05, 0.1) is 10.5 Å². The smallest absolute Gasteiger partial charge is 0.228 e. The summed E-state index contributed by atoms with van der Waals surface area (Å²) in [6.07, 6.45) is -17.9. The van der Waals surface area contributed by atoms with Crippen LogP contribution in [0.3, 0.4) is 0 Å². The van der Waals surface area contributed by atoms with Crippen molar-refractivity contribution >= 4 is 55.0 Å². The number of halogens is 12. The van der Waals surface area contributed by atoms with E-state index in [1.807, 2.05) is 45.2 Å². The molecule has 0 aromatic heterocycles. The molecule has 0 spiro atoms. The van der Waals surface area contributed by atoms with Gasteiger partial charge in [-0.1, -0.05) is 45.2 Å². The van der Waals surface area contributed by atoms with Gasteiger partial charge in [-0.3, -0.25) is 0 Å². The fourth-order valence-corrected chi connectivity index (χ4v) is 6.10. The van der Waals surface area contributed by atoms with Crippen LogP contribution in [0.2, 0.25) is 0 Å². The molecule has 0 N–H and O–H groups in total. The van der Waals surface area contributed by atoms with Gasteiger partial charge in [-0.25, -0.2) is 8.42 Å². The highest BCUT2D eigenvalue weighted by Crippen LogP contribution is 2.42. The van der Waals surface area contributed by atoms with E-state index in [2.05, 4.69) is 0 Å². The van der Waals surface area contributed by atoms with Crippen molar-refractivity contribution in [3.8, 4) is 0 Å². The Morgan fingerprint density at radius 1 is 0.581 bits per heavy atom. The lowest BCUT2D eigenvalue weighted by Gasteiger charge is -2.28. The first kappa shape index (κ1) is 31.7. The molecule has 188 valence electrons. The van der Waals surface area contributed by atoms with E-state index in [9.17, 15) is 52.3 Å². The van der Waals surface area contributed by atoms with Gasteiger partial charge in [-0.15, -0.1) is 0 Å². The number of sulfone groups is 1. The van der Waals surface area contributed by atoms with Crippen molar-refractivity contribution in [2.24, 2.45) is 0 Å². The molecule has 0 radical (unpaired) electrons. The van der Waals surface area contributed by atoms with Gasteiger partial charge in [-0.05, 0) is 47.4 Å². The molecule has 0 aromatic carbocycles. The standard InChI is InChI=1S/C16H22F10I2O2S/c17-13(18,15(21,22)23)7-5-11(3-1-9-27)31(29,30)12(4-2-10-28)6-8-14(19,20)16(24,25)26/h11-12H,1-10H2. The molecule has 0 aliphatic rings. The molecular weight excluding hydrogens is 700 g/mol. The minimum absolute atomic E-state index is 0.139. The zero-order chi connectivity index (χ0) is 24.7. The highest BCUT2D eigenvalue weighted by atomic mass is 127. The second-order valence-electron chi connectivity index (χ2n) is 6.98. The van der Waals surface area contributed by atoms with Crippen LogP contribution in [0.25, 0.3) is 0 Å². The lowest BCUT2D eigenvalue weighted by molar-refractivity contribution is -0.284. The number of rotatable bonds is 14. The molecule has 31 heavy (non-hydrogen) atoms. The molecule has 0 fully saturated rings. The maximum Gasteiger partial charge on any atom is 0.453 e. The van der Waals surface area contributed by atoms with E-state index in [1.54, 1.807) is 0 Å². The summed E-state index contributed by atoms with van der Waals surface area (Å²) < 4.78 is 154. The van der Waals surface area contributed by atoms with Gasteiger partial charge in [0.2, 0.25) is 0 Å². The average molecular weight is 722 g/mol. The van der Waals surface area contributed by atoms with Crippen molar-refractivity contribution in [3.63, 3.8) is 0 Å². The van der Waals surface area contributed by atoms with Crippen LogP contribution < -0.4 is 0 Å². The van der Waals surface area contributed by atoms with Crippen molar-refractivity contribution in [1.29, 1.82) is 0 Å². The molecule has 0 aliphatic heterocycles. The molecule has 0 saturated heterocycles. The molecule has 0 heterocycles. The second-order valence-corrected chi connectivity index (χ2v) is 11.6. The van der Waals surface area contributed by atoms with Crippen LogP contribution >= 0.6 is 45.2 Å². The van der Waals surface area contributed by atoms with E-state index in [-0.39, 0.29) is 25.7 Å². The summed E-state index contributed by atoms with van der Waals surface area (Å²) in [5.41, 5.74) is 0. The maximum atomic E-state index is 13.3. The van der Waals surface area contributed by atoms with Crippen molar-refractivity contribution in [3.05, 3.63) is 0 Å². The summed E-state index contributed by atoms with van der Waals surface area (Å²) in [6.45, 7) is 0. The van der Waals surface area contributed by atoms with E-state index in [1.165, 1.54) is 0 Å². The summed E-state index contributed by atoms with van der Waals surface area (Å²) >= 11 is 3.67. The average Bonchev–Trinajstić information content (AvgIpc) is 2.59. The highest BCUT2D eigenvalue weighted by molar-refractivity contribution is 14.1. The first-order valence-corrected chi connectivity index (χ1v) is 13.7. The summed E-state index contributed by atoms with van der Waals surface area (Å²) in [7, 11) is -4.55. The van der Waals surface area contributed by atoms with Crippen molar-refractivity contribution in [1.82, 2.24) is 0 Å². The van der Waals surface area contributed by atoms with Crippen LogP contribution in [0.5, 0.6) is 0 Å². The molecule has 15 heteroatoms. The third-order valence-corrected chi connectivity index (χ3v) is 8.97. The van der Waals surface area contributed by atoms with Crippen LogP contribution in [0.1, 0.15) is 51.4 Å². The molecular formula is C16H22F10I2O2S. The highest BCUT2D eigenvalue weighted by Gasteiger charge is 2.58. The zero-order valence-electron chi connectivity index (χ0n) is 16.0. The summed E-state index contributed by atoms with van der Waals surface area (Å²) in [4.78, 5) is 0. The van der Waals surface area contributed by atoms with Gasteiger partial charge in [0.15, 0.2) is 9.84 Å². The summed E-state index contributed by atoms with van der Waals surface area (Å²) in [5.74, 6) is -10.3. The number of hydrogen-bond donors (Lipinski definition) is 0. The van der Waals surface area contributed by atoms with Crippen molar-refractivity contribution < 1.29 is 52.3 Å². The Hall–Kier alpha value is 0.710. The Balaban J connectivity index is 5.72. The van der Waals surface area contributed by atoms with E-state index in [0.717, 1.165) is 0 Å². The molecule has 2 unspecified atom stereocenters. The minimum atomic E-state index is -5.89. The normalized spacial score (nSPS) is 16.4. The van der Waals surface area contributed by atoms with E-state index < -0.39 is 70.2 Å². The molecule has 0 saturated carbocycles. The van der Waals surface area contributed by atoms with Crippen LogP contribution in [-0.2, 0) is 9.84 Å². The first-order chi connectivity index (χ1) is 13.8. The molecule has 2 nitrogen and oxygen atoms in total. The zero-order valence-corrected chi connectivity index (χ0v) is 21.1. The lowest BCUT2D eigenvalue weighted by Crippen LogP contribution is -2.41. The monoisotopic (exact) mass is 722 g/mol. The molecule has 2 atom stereocenters. The van der Waals surface area contributed by atoms with Crippen LogP contribution in [-0.4, -0.2) is 52.0 Å². The number of hydrogen-bond acceptors (Lipinski definition) is 2. The topological polar surface area (TPSA) is 34.1 Å². The SMILES string of the molecule is O=S(=O)(C(CCCI)CCC(F)(F)C(F)(F)F)C(CCCI)CCC(F)(F)C(F)(F)F. The molecule has 0 aliphatic carbocycles. The van der Waals surface area contributed by atoms with Gasteiger partial charge in [0.25, 0.3) is 0 Å². The quantitative estimate of drug-likeness (QED) is 0.106. The maximum absolute atomic E-state index is 13.3. The van der Waals surface area contributed by atoms with E-state index in [0.29, 0.717) is 8.86 Å². The van der Waals surface area contributed by atoms with Crippen LogP contribution in [0.4, 0.5) is 43.9 Å². The Morgan fingerprint density at radius 2 is 0.871 bits per heavy atom. The third kappa shape index (κ3) is 9.84. The fraction of sp³-hybridized carbons (Fsp3) is 1.00. The van der Waals surface area contributed by atoms with Crippen LogP contribution in [0.15, 0.2) is 0 Å². The van der Waals surface area contributed by atoms with Gasteiger partial charge in [-0.2, -0.15) is 43.9 Å². The second kappa shape index (κ2) is 12.4. The Bertz CT molecular complexity index is 587. The molecule has 0 rings (SSSR count). The van der Waals surface area contributed by atoms with E-state index in [4.69, 9.17) is 0 Å². The van der Waals surface area contributed by atoms with Gasteiger partial charge >= 0.3 is 24.2 Å². The van der Waals surface area contributed by atoms with Crippen LogP contribution in [0, 0.1) is 0 Å². The Kier molecular flexibility index (Phi) is 12.7. The number of alkyl halides is 12. The van der Waals surface area contributed by atoms with Gasteiger partial charge in [0, 0.05) is 12.8 Å². The Morgan fingerprint density at radius 3 is 1.10 bits per heavy atom. The summed E-state index contributed by atoms with van der Waals surface area (Å²) in [5, 5.41) is -3.40. The molecule has 0 amide bonds. The lowest BCUT2D eigenvalue weighted by atomic mass is 10.1. The molecule has 0 aromatic rings. The van der Waals surface area contributed by atoms with Gasteiger partial charge < -0.3 is 0 Å². The summed E-state index contributed by atoms with van der Waals surface area (Å²) in [6, 6.07) is 0. The van der Waals surface area contributed by atoms with E-state index >= 15 is 0 Å². The van der Waals surface area contributed by atoms with Gasteiger partial charge in [0.1, 0.15) is 0 Å². The predicted molar refractivity (Wildman–Crippen MR) is 113 cm³/mol. The minimum Gasteiger partial charge on any atom is -0.228 e.